The Bertz CT molecular complexity index is 3290. The predicted molar refractivity (Wildman–Crippen MR) is 304 cm³/mol. The summed E-state index contributed by atoms with van der Waals surface area (Å²) >= 11 is 0. The van der Waals surface area contributed by atoms with Crippen LogP contribution >= 0.6 is 0 Å². The molecule has 4 aromatic carbocycles. The summed E-state index contributed by atoms with van der Waals surface area (Å²) in [6.07, 6.45) is 10.9. The Morgan fingerprint density at radius 1 is 0.716 bits per heavy atom. The molecule has 0 aliphatic carbocycles. The number of benzene rings is 4. The van der Waals surface area contributed by atoms with Crippen LogP contribution in [0, 0.1) is 24.7 Å². The van der Waals surface area contributed by atoms with Gasteiger partial charge in [-0.15, -0.1) is 0 Å². The molecule has 0 saturated carbocycles. The van der Waals surface area contributed by atoms with Gasteiger partial charge in [-0.1, -0.05) is 58.4 Å². The number of aryl methyl sites for hydroxylation is 1. The lowest BCUT2D eigenvalue weighted by Crippen LogP contribution is -2.45. The zero-order valence-electron chi connectivity index (χ0n) is 46.4. The molecule has 3 N–H and O–H groups in total. The van der Waals surface area contributed by atoms with Crippen LogP contribution in [-0.4, -0.2) is 124 Å². The van der Waals surface area contributed by atoms with Crippen molar-refractivity contribution in [3.8, 4) is 17.2 Å². The zero-order valence-corrected chi connectivity index (χ0v) is 46.4. The number of likely N-dealkylation sites (tertiary alicyclic amines) is 1. The van der Waals surface area contributed by atoms with Crippen molar-refractivity contribution in [1.82, 2.24) is 20.0 Å². The molecule has 5 aliphatic heterocycles. The number of methoxy groups -OCH3 is 1. The highest BCUT2D eigenvalue weighted by atomic mass is 16.5. The Hall–Kier alpha value is -8.74. The molecule has 5 atom stereocenters. The van der Waals surface area contributed by atoms with Crippen LogP contribution in [0.15, 0.2) is 95.2 Å². The maximum absolute atomic E-state index is 14.1. The molecule has 0 spiro atoms. The van der Waals surface area contributed by atoms with Gasteiger partial charge in [0.05, 0.1) is 66.5 Å². The highest BCUT2D eigenvalue weighted by Crippen LogP contribution is 2.41. The first-order chi connectivity index (χ1) is 38.9. The summed E-state index contributed by atoms with van der Waals surface area (Å²) in [7, 11) is 1.51. The fourth-order valence-electron chi connectivity index (χ4n) is 10.6. The minimum atomic E-state index is -0.999. The maximum atomic E-state index is 14.1. The molecule has 4 aromatic rings. The first kappa shape index (κ1) is 57.0. The van der Waals surface area contributed by atoms with Crippen LogP contribution in [0.1, 0.15) is 133 Å². The highest BCUT2D eigenvalue weighted by molar-refractivity contribution is 6.07. The smallest absolute Gasteiger partial charge is 0.335 e. The van der Waals surface area contributed by atoms with E-state index in [-0.39, 0.29) is 96.6 Å². The lowest BCUT2D eigenvalue weighted by molar-refractivity contribution is -0.139. The molecule has 5 heterocycles. The van der Waals surface area contributed by atoms with Gasteiger partial charge in [0.2, 0.25) is 23.6 Å². The van der Waals surface area contributed by atoms with Gasteiger partial charge in [0.15, 0.2) is 17.3 Å². The largest absolute Gasteiger partial charge is 0.493 e. The summed E-state index contributed by atoms with van der Waals surface area (Å²) in [5.74, 6) is -2.36. The molecule has 5 aliphatic rings. The molecule has 1 unspecified atom stereocenters. The van der Waals surface area contributed by atoms with Crippen molar-refractivity contribution < 1.29 is 57.7 Å². The van der Waals surface area contributed by atoms with Gasteiger partial charge in [0.25, 0.3) is 11.8 Å². The number of imide groups is 1. The predicted octanol–water partition coefficient (Wildman–Crippen LogP) is 9.12. The average Bonchev–Trinajstić information content (AvgIpc) is 4.16. The molecule has 81 heavy (non-hydrogen) atoms. The molecule has 422 valence electrons. The van der Waals surface area contributed by atoms with Crippen LogP contribution in [0.4, 0.5) is 17.1 Å². The molecule has 9 rings (SSSR count). The van der Waals surface area contributed by atoms with Gasteiger partial charge in [-0.3, -0.25) is 48.4 Å². The van der Waals surface area contributed by atoms with E-state index in [1.165, 1.54) is 12.0 Å². The number of rotatable bonds is 23. The summed E-state index contributed by atoms with van der Waals surface area (Å²) < 4.78 is 18.0. The number of aliphatic imine (C=N–C) groups is 2. The van der Waals surface area contributed by atoms with E-state index in [1.54, 1.807) is 96.7 Å². The number of ketones is 1. The Balaban J connectivity index is 0.730. The van der Waals surface area contributed by atoms with Gasteiger partial charge in [0.1, 0.15) is 5.75 Å². The topological polar surface area (TPSA) is 243 Å². The number of carbonyl (C=O) groups excluding carboxylic acids is 7. The van der Waals surface area contributed by atoms with Crippen molar-refractivity contribution in [2.75, 3.05) is 32.2 Å². The number of fused-ring (bicyclic) bond motifs is 4. The van der Waals surface area contributed by atoms with E-state index in [0.717, 1.165) is 27.8 Å². The van der Waals surface area contributed by atoms with Crippen LogP contribution < -0.4 is 24.8 Å². The summed E-state index contributed by atoms with van der Waals surface area (Å²) in [4.78, 5) is 117. The van der Waals surface area contributed by atoms with Gasteiger partial charge in [-0.05, 0) is 89.9 Å². The number of carbonyl (C=O) groups is 8. The quantitative estimate of drug-likeness (QED) is 0.0465. The fourth-order valence-corrected chi connectivity index (χ4v) is 10.6. The fraction of sp³-hybridized carbons (Fsp3) is 0.387. The lowest BCUT2D eigenvalue weighted by atomic mass is 9.92. The molecule has 6 amide bonds. The monoisotopic (exact) mass is 1100 g/mol. The number of anilines is 1. The van der Waals surface area contributed by atoms with Gasteiger partial charge in [0, 0.05) is 99.6 Å². The van der Waals surface area contributed by atoms with Crippen LogP contribution in [-0.2, 0) is 24.0 Å². The third-order valence-corrected chi connectivity index (χ3v) is 15.3. The van der Waals surface area contributed by atoms with E-state index < -0.39 is 17.9 Å². The summed E-state index contributed by atoms with van der Waals surface area (Å²) in [6, 6.07) is 19.4. The molecule has 0 radical (unpaired) electrons. The minimum absolute atomic E-state index is 0.0666. The van der Waals surface area contributed by atoms with Crippen LogP contribution in [0.25, 0.3) is 11.1 Å². The van der Waals surface area contributed by atoms with E-state index in [0.29, 0.717) is 97.1 Å². The minimum Gasteiger partial charge on any atom is -0.493 e. The second-order valence-corrected chi connectivity index (χ2v) is 21.6. The Morgan fingerprint density at radius 2 is 1.30 bits per heavy atom. The maximum Gasteiger partial charge on any atom is 0.335 e. The number of carboxylic acid groups (broad SMARTS) is 1. The number of hydrogen-bond donors (Lipinski definition) is 3. The Kier molecular flexibility index (Phi) is 17.4. The molecular weight excluding hydrogens is 1030 g/mol. The van der Waals surface area contributed by atoms with Gasteiger partial charge in [-0.2, -0.15) is 0 Å². The molecule has 0 aromatic heterocycles. The first-order valence-electron chi connectivity index (χ1n) is 27.6. The number of ether oxygens (including phenoxy) is 3. The lowest BCUT2D eigenvalue weighted by Gasteiger charge is -2.23. The number of hydrogen-bond acceptors (Lipinski definition) is 13. The van der Waals surface area contributed by atoms with E-state index >= 15 is 0 Å². The first-order valence-corrected chi connectivity index (χ1v) is 27.6. The molecule has 1 saturated heterocycles. The molecule has 19 heteroatoms. The van der Waals surface area contributed by atoms with E-state index in [1.807, 2.05) is 45.3 Å². The number of amides is 6. The number of nitrogens with zero attached hydrogens (tertiary/aromatic N) is 5. The number of nitrogens with one attached hydrogen (secondary N) is 2. The van der Waals surface area contributed by atoms with Crippen molar-refractivity contribution in [2.24, 2.45) is 27.7 Å². The second kappa shape index (κ2) is 24.7. The Labute approximate surface area is 470 Å². The molecule has 0 bridgehead atoms. The van der Waals surface area contributed by atoms with E-state index in [2.05, 4.69) is 15.6 Å². The van der Waals surface area contributed by atoms with E-state index in [4.69, 9.17) is 19.2 Å². The van der Waals surface area contributed by atoms with Gasteiger partial charge >= 0.3 is 5.97 Å². The van der Waals surface area contributed by atoms with Crippen molar-refractivity contribution in [2.45, 2.75) is 111 Å². The van der Waals surface area contributed by atoms with Crippen molar-refractivity contribution in [3.05, 3.63) is 119 Å². The summed E-state index contributed by atoms with van der Waals surface area (Å²) in [5, 5.41) is 15.0. The van der Waals surface area contributed by atoms with Crippen LogP contribution in [0.2, 0.25) is 0 Å². The third kappa shape index (κ3) is 12.8. The summed E-state index contributed by atoms with van der Waals surface area (Å²) in [5.41, 5.74) is 6.78. The standard InChI is InChI=1S/C62H67N7O12/c1-35(2)57(66-55(71)11-8-7-9-20-67-56(72)25-38(5)59(67)74)51(70)24-37(4)58(73)65-44-18-16-40(17-19-44)43-27-46-32-64-50-30-54(53(79-6)28-48(50)61(76)69(46)34-43)81-22-10-21-80-52-29-49-47(23-36(52)3)60(75)68-33-42(26-45(68)31-63-49)39-12-14-41(15-13-39)62(77)78/h12-19,23,28-35,37-38,45-46,57H,7-11,20-22,24-27H2,1-6H3,(H,65,73)(H,66,71)(H,77,78)/t37-,38?,45+,46+,57+/m1/s1. The number of carboxylic acids is 1. The normalized spacial score (nSPS) is 18.8. The van der Waals surface area contributed by atoms with Gasteiger partial charge in [-0.25, -0.2) is 4.79 Å². The van der Waals surface area contributed by atoms with Gasteiger partial charge < -0.3 is 39.8 Å². The molecule has 1 fully saturated rings. The number of unbranched alkanes of at least 4 members (excludes halogenated alkanes) is 2. The highest BCUT2D eigenvalue weighted by Gasteiger charge is 2.37. The SMILES string of the molecule is COc1cc2c(cc1OCCCOc1cc3c(cc1C)C(=O)N1C=C(c4ccc(C(=O)O)cc4)C[C@H]1C=N3)N=C[C@@H]1CC(c3ccc(NC(=O)[C@H](C)CC(=O)[C@@H](NC(=O)CCCCCN4C(=O)CC(C)C4=O)C(C)C)cc3)=CN1C2=O. The van der Waals surface area contributed by atoms with Crippen molar-refractivity contribution in [1.29, 1.82) is 0 Å². The third-order valence-electron chi connectivity index (χ3n) is 15.3. The van der Waals surface area contributed by atoms with Crippen molar-refractivity contribution >= 4 is 87.8 Å². The van der Waals surface area contributed by atoms with E-state index in [9.17, 15) is 43.5 Å². The second-order valence-electron chi connectivity index (χ2n) is 21.6. The zero-order chi connectivity index (χ0) is 57.6. The number of aromatic carboxylic acids is 1. The van der Waals surface area contributed by atoms with Crippen LogP contribution in [0.5, 0.6) is 17.2 Å². The molecular formula is C62H67N7O12. The summed E-state index contributed by atoms with van der Waals surface area (Å²) in [6.45, 7) is 9.89. The average molecular weight is 1100 g/mol. The van der Waals surface area contributed by atoms with Crippen molar-refractivity contribution in [3.63, 3.8) is 0 Å². The van der Waals surface area contributed by atoms with Crippen LogP contribution in [0.3, 0.4) is 0 Å². The molecule has 19 nitrogen and oxygen atoms in total. The number of Topliss-reactive ketones (excluding diaryl/α,β-unsaturated/α-hetero) is 1. The Morgan fingerprint density at radius 3 is 1.86 bits per heavy atom.